The highest BCUT2D eigenvalue weighted by Crippen LogP contribution is 2.21. The van der Waals surface area contributed by atoms with Gasteiger partial charge in [-0.3, -0.25) is 0 Å². The van der Waals surface area contributed by atoms with Crippen LogP contribution in [0.5, 0.6) is 0 Å². The number of halogens is 1. The van der Waals surface area contributed by atoms with Crippen LogP contribution in [0.3, 0.4) is 0 Å². The molecule has 2 atom stereocenters. The quantitative estimate of drug-likeness (QED) is 0.829. The molecule has 1 aromatic carbocycles. The maximum atomic E-state index is 5.89. The van der Waals surface area contributed by atoms with Crippen molar-refractivity contribution in [2.75, 3.05) is 13.7 Å². The van der Waals surface area contributed by atoms with Crippen LogP contribution < -0.4 is 5.32 Å². The van der Waals surface area contributed by atoms with Crippen molar-refractivity contribution in [3.05, 3.63) is 34.3 Å². The number of nitrogens with one attached hydrogen (secondary N) is 1. The summed E-state index contributed by atoms with van der Waals surface area (Å²) in [7, 11) is 2.01. The molecule has 102 valence electrons. The Bertz CT molecular complexity index is 354. The number of rotatable bonds is 7. The van der Waals surface area contributed by atoms with E-state index in [4.69, 9.17) is 4.74 Å². The SMILES string of the molecule is CCOC(C(C)C)C(Cc1ccccc1Br)NC. The lowest BCUT2D eigenvalue weighted by molar-refractivity contribution is 0.00532. The van der Waals surface area contributed by atoms with Gasteiger partial charge in [0.25, 0.3) is 0 Å². The van der Waals surface area contributed by atoms with Crippen molar-refractivity contribution in [2.24, 2.45) is 5.92 Å². The molecule has 0 amide bonds. The molecule has 1 rings (SSSR count). The molecule has 2 nitrogen and oxygen atoms in total. The van der Waals surface area contributed by atoms with E-state index in [2.05, 4.69) is 60.2 Å². The van der Waals surface area contributed by atoms with E-state index in [0.717, 1.165) is 13.0 Å². The van der Waals surface area contributed by atoms with Crippen molar-refractivity contribution >= 4 is 15.9 Å². The first-order valence-corrected chi connectivity index (χ1v) is 7.41. The topological polar surface area (TPSA) is 21.3 Å². The summed E-state index contributed by atoms with van der Waals surface area (Å²) in [6, 6.07) is 8.72. The van der Waals surface area contributed by atoms with E-state index in [1.807, 2.05) is 13.1 Å². The number of hydrogen-bond donors (Lipinski definition) is 1. The number of likely N-dealkylation sites (N-methyl/N-ethyl adjacent to an activating group) is 1. The fraction of sp³-hybridized carbons (Fsp3) is 0.600. The third-order valence-corrected chi connectivity index (χ3v) is 3.95. The van der Waals surface area contributed by atoms with Gasteiger partial charge in [-0.2, -0.15) is 0 Å². The van der Waals surface area contributed by atoms with Crippen molar-refractivity contribution in [3.8, 4) is 0 Å². The molecule has 0 aliphatic heterocycles. The molecular weight excluding hydrogens is 290 g/mol. The summed E-state index contributed by atoms with van der Waals surface area (Å²) in [5.74, 6) is 0.505. The van der Waals surface area contributed by atoms with E-state index < -0.39 is 0 Å². The standard InChI is InChI=1S/C15H24BrNO/c1-5-18-15(11(2)3)14(17-4)10-12-8-6-7-9-13(12)16/h6-9,11,14-15,17H,5,10H2,1-4H3. The second-order valence-corrected chi connectivity index (χ2v) is 5.71. The molecule has 0 heterocycles. The summed E-state index contributed by atoms with van der Waals surface area (Å²) in [6.07, 6.45) is 1.22. The van der Waals surface area contributed by atoms with Gasteiger partial charge < -0.3 is 10.1 Å². The Labute approximate surface area is 119 Å². The minimum atomic E-state index is 0.243. The maximum absolute atomic E-state index is 5.89. The van der Waals surface area contributed by atoms with Crippen LogP contribution in [0.15, 0.2) is 28.7 Å². The van der Waals surface area contributed by atoms with Gasteiger partial charge in [0, 0.05) is 17.1 Å². The molecule has 3 heteroatoms. The van der Waals surface area contributed by atoms with E-state index in [0.29, 0.717) is 12.0 Å². The van der Waals surface area contributed by atoms with Gasteiger partial charge in [0.15, 0.2) is 0 Å². The second kappa shape index (κ2) is 7.93. The van der Waals surface area contributed by atoms with Gasteiger partial charge in [-0.05, 0) is 37.9 Å². The summed E-state index contributed by atoms with van der Waals surface area (Å²) < 4.78 is 7.06. The summed E-state index contributed by atoms with van der Waals surface area (Å²) in [5, 5.41) is 3.40. The van der Waals surface area contributed by atoms with Crippen molar-refractivity contribution in [2.45, 2.75) is 39.3 Å². The highest BCUT2D eigenvalue weighted by molar-refractivity contribution is 9.10. The zero-order valence-electron chi connectivity index (χ0n) is 11.7. The number of hydrogen-bond acceptors (Lipinski definition) is 2. The lowest BCUT2D eigenvalue weighted by Gasteiger charge is -2.30. The van der Waals surface area contributed by atoms with Gasteiger partial charge in [0.1, 0.15) is 0 Å². The molecule has 18 heavy (non-hydrogen) atoms. The molecular formula is C15H24BrNO. The summed E-state index contributed by atoms with van der Waals surface area (Å²) in [5.41, 5.74) is 1.32. The molecule has 0 spiro atoms. The molecule has 2 unspecified atom stereocenters. The third kappa shape index (κ3) is 4.38. The predicted molar refractivity (Wildman–Crippen MR) is 80.9 cm³/mol. The molecule has 0 fully saturated rings. The van der Waals surface area contributed by atoms with Crippen LogP contribution in [0.4, 0.5) is 0 Å². The highest BCUT2D eigenvalue weighted by atomic mass is 79.9. The third-order valence-electron chi connectivity index (χ3n) is 3.18. The minimum Gasteiger partial charge on any atom is -0.377 e. The van der Waals surface area contributed by atoms with E-state index in [-0.39, 0.29) is 6.10 Å². The van der Waals surface area contributed by atoms with Crippen LogP contribution in [-0.2, 0) is 11.2 Å². The van der Waals surface area contributed by atoms with Crippen LogP contribution in [0, 0.1) is 5.92 Å². The molecule has 0 saturated heterocycles. The molecule has 1 N–H and O–H groups in total. The van der Waals surface area contributed by atoms with Crippen LogP contribution in [-0.4, -0.2) is 25.8 Å². The van der Waals surface area contributed by atoms with Crippen molar-refractivity contribution in [1.82, 2.24) is 5.32 Å². The zero-order valence-corrected chi connectivity index (χ0v) is 13.3. The molecule has 0 radical (unpaired) electrons. The molecule has 1 aromatic rings. The van der Waals surface area contributed by atoms with Gasteiger partial charge in [-0.15, -0.1) is 0 Å². The van der Waals surface area contributed by atoms with E-state index in [1.165, 1.54) is 10.0 Å². The van der Waals surface area contributed by atoms with Crippen LogP contribution in [0.25, 0.3) is 0 Å². The van der Waals surface area contributed by atoms with Gasteiger partial charge in [-0.1, -0.05) is 48.0 Å². The van der Waals surface area contributed by atoms with Crippen molar-refractivity contribution in [3.63, 3.8) is 0 Å². The smallest absolute Gasteiger partial charge is 0.0753 e. The van der Waals surface area contributed by atoms with Crippen molar-refractivity contribution < 1.29 is 4.74 Å². The Morgan fingerprint density at radius 3 is 2.44 bits per heavy atom. The predicted octanol–water partition coefficient (Wildman–Crippen LogP) is 3.64. The fourth-order valence-electron chi connectivity index (χ4n) is 2.25. The Balaban J connectivity index is 2.79. The average Bonchev–Trinajstić information content (AvgIpc) is 2.35. The molecule has 0 bridgehead atoms. The zero-order chi connectivity index (χ0) is 13.5. The van der Waals surface area contributed by atoms with Gasteiger partial charge in [0.05, 0.1) is 6.10 Å². The summed E-state index contributed by atoms with van der Waals surface area (Å²) in [4.78, 5) is 0. The fourth-order valence-corrected chi connectivity index (χ4v) is 2.70. The molecule has 0 aromatic heterocycles. The van der Waals surface area contributed by atoms with E-state index in [1.54, 1.807) is 0 Å². The van der Waals surface area contributed by atoms with Crippen LogP contribution in [0.1, 0.15) is 26.3 Å². The summed E-state index contributed by atoms with van der Waals surface area (Å²) >= 11 is 3.61. The number of benzene rings is 1. The lowest BCUT2D eigenvalue weighted by atomic mass is 9.94. The average molecular weight is 314 g/mol. The number of ether oxygens (including phenoxy) is 1. The Morgan fingerprint density at radius 2 is 1.94 bits per heavy atom. The monoisotopic (exact) mass is 313 g/mol. The first-order valence-electron chi connectivity index (χ1n) is 6.62. The van der Waals surface area contributed by atoms with Gasteiger partial charge >= 0.3 is 0 Å². The lowest BCUT2D eigenvalue weighted by Crippen LogP contribution is -2.44. The molecule has 0 aliphatic carbocycles. The maximum Gasteiger partial charge on any atom is 0.0753 e. The van der Waals surface area contributed by atoms with Crippen molar-refractivity contribution in [1.29, 1.82) is 0 Å². The molecule has 0 saturated carbocycles. The van der Waals surface area contributed by atoms with E-state index in [9.17, 15) is 0 Å². The summed E-state index contributed by atoms with van der Waals surface area (Å²) in [6.45, 7) is 7.24. The Hall–Kier alpha value is -0.380. The molecule has 0 aliphatic rings. The van der Waals surface area contributed by atoms with Crippen LogP contribution >= 0.6 is 15.9 Å². The second-order valence-electron chi connectivity index (χ2n) is 4.85. The van der Waals surface area contributed by atoms with Crippen LogP contribution in [0.2, 0.25) is 0 Å². The highest BCUT2D eigenvalue weighted by Gasteiger charge is 2.24. The van der Waals surface area contributed by atoms with E-state index >= 15 is 0 Å². The minimum absolute atomic E-state index is 0.243. The van der Waals surface area contributed by atoms with Gasteiger partial charge in [0.2, 0.25) is 0 Å². The Kier molecular flexibility index (Phi) is 6.90. The van der Waals surface area contributed by atoms with Gasteiger partial charge in [-0.25, -0.2) is 0 Å². The normalized spacial score (nSPS) is 14.8. The Morgan fingerprint density at radius 1 is 1.28 bits per heavy atom. The first kappa shape index (κ1) is 15.7. The first-order chi connectivity index (χ1) is 8.60. The largest absolute Gasteiger partial charge is 0.377 e.